The van der Waals surface area contributed by atoms with Crippen LogP contribution in [0, 0.1) is 6.92 Å². The molecule has 0 spiro atoms. The summed E-state index contributed by atoms with van der Waals surface area (Å²) in [5.74, 6) is 0. The predicted octanol–water partition coefficient (Wildman–Crippen LogP) is 4.29. The summed E-state index contributed by atoms with van der Waals surface area (Å²) in [5, 5.41) is 7.81. The Kier molecular flexibility index (Phi) is 5.99. The molecule has 0 bridgehead atoms. The summed E-state index contributed by atoms with van der Waals surface area (Å²) >= 11 is 6.07. The highest BCUT2D eigenvalue weighted by Gasteiger charge is 2.21. The minimum atomic E-state index is -3.55. The van der Waals surface area contributed by atoms with E-state index in [0.717, 1.165) is 22.5 Å². The fourth-order valence-electron chi connectivity index (χ4n) is 2.77. The maximum Gasteiger partial charge on any atom is 0.242 e. The minimum absolute atomic E-state index is 0.216. The molecule has 142 valence electrons. The van der Waals surface area contributed by atoms with Crippen LogP contribution in [0.4, 0.5) is 0 Å². The van der Waals surface area contributed by atoms with Gasteiger partial charge >= 0.3 is 0 Å². The summed E-state index contributed by atoms with van der Waals surface area (Å²) in [6.45, 7) is 2.25. The van der Waals surface area contributed by atoms with Gasteiger partial charge in [0, 0.05) is 29.9 Å². The molecule has 0 aliphatic rings. The molecule has 3 aromatic rings. The van der Waals surface area contributed by atoms with Crippen molar-refractivity contribution in [1.29, 1.82) is 0 Å². The molecule has 0 saturated heterocycles. The molecular formula is C20H22ClN3O2S. The van der Waals surface area contributed by atoms with Gasteiger partial charge in [-0.15, -0.1) is 0 Å². The summed E-state index contributed by atoms with van der Waals surface area (Å²) in [4.78, 5) is 0.216. The summed E-state index contributed by atoms with van der Waals surface area (Å²) in [6.07, 6.45) is 1.40. The van der Waals surface area contributed by atoms with Crippen LogP contribution in [0.3, 0.4) is 0 Å². The van der Waals surface area contributed by atoms with E-state index in [1.54, 1.807) is 19.2 Å². The van der Waals surface area contributed by atoms with Gasteiger partial charge in [-0.05, 0) is 43.5 Å². The van der Waals surface area contributed by atoms with Gasteiger partial charge in [-0.2, -0.15) is 5.10 Å². The van der Waals surface area contributed by atoms with Crippen molar-refractivity contribution in [3.63, 3.8) is 0 Å². The predicted molar refractivity (Wildman–Crippen MR) is 108 cm³/mol. The van der Waals surface area contributed by atoms with Gasteiger partial charge in [-0.1, -0.05) is 48.0 Å². The van der Waals surface area contributed by atoms with Gasteiger partial charge in [0.1, 0.15) is 0 Å². The maximum atomic E-state index is 12.7. The minimum Gasteiger partial charge on any atom is -0.282 e. The van der Waals surface area contributed by atoms with Crippen LogP contribution in [0.25, 0.3) is 11.3 Å². The van der Waals surface area contributed by atoms with Gasteiger partial charge in [0.05, 0.1) is 10.6 Å². The second kappa shape index (κ2) is 8.25. The van der Waals surface area contributed by atoms with E-state index in [0.29, 0.717) is 24.4 Å². The van der Waals surface area contributed by atoms with Crippen LogP contribution in [0.5, 0.6) is 0 Å². The van der Waals surface area contributed by atoms with Crippen LogP contribution in [0.1, 0.15) is 17.7 Å². The van der Waals surface area contributed by atoms with Crippen LogP contribution in [0.2, 0.25) is 5.02 Å². The number of benzene rings is 2. The Morgan fingerprint density at radius 3 is 2.56 bits per heavy atom. The van der Waals surface area contributed by atoms with Gasteiger partial charge in [0.15, 0.2) is 0 Å². The zero-order chi connectivity index (χ0) is 19.4. The number of hydrogen-bond acceptors (Lipinski definition) is 3. The first-order valence-electron chi connectivity index (χ1n) is 8.70. The van der Waals surface area contributed by atoms with Crippen molar-refractivity contribution in [2.24, 2.45) is 0 Å². The molecular weight excluding hydrogens is 382 g/mol. The number of H-pyrrole nitrogens is 1. The summed E-state index contributed by atoms with van der Waals surface area (Å²) < 4.78 is 26.7. The lowest BCUT2D eigenvalue weighted by molar-refractivity contribution is 0.460. The molecule has 0 saturated carbocycles. The van der Waals surface area contributed by atoms with Crippen LogP contribution >= 0.6 is 11.6 Å². The molecule has 0 amide bonds. The molecule has 0 atom stereocenters. The molecule has 1 N–H and O–H groups in total. The van der Waals surface area contributed by atoms with E-state index in [4.69, 9.17) is 11.6 Å². The first kappa shape index (κ1) is 19.6. The van der Waals surface area contributed by atoms with Gasteiger partial charge in [0.2, 0.25) is 10.0 Å². The molecule has 0 aliphatic carbocycles. The third kappa shape index (κ3) is 4.58. The molecule has 1 aromatic heterocycles. The van der Waals surface area contributed by atoms with E-state index in [1.165, 1.54) is 10.4 Å². The van der Waals surface area contributed by atoms with Gasteiger partial charge in [-0.25, -0.2) is 12.7 Å². The number of nitrogens with zero attached hydrogens (tertiary/aromatic N) is 2. The normalized spacial score (nSPS) is 11.9. The Morgan fingerprint density at radius 1 is 1.11 bits per heavy atom. The van der Waals surface area contributed by atoms with Gasteiger partial charge in [0.25, 0.3) is 0 Å². The molecule has 0 unspecified atom stereocenters. The highest BCUT2D eigenvalue weighted by molar-refractivity contribution is 7.89. The summed E-state index contributed by atoms with van der Waals surface area (Å²) in [6, 6.07) is 16.7. The molecule has 7 heteroatoms. The lowest BCUT2D eigenvalue weighted by Crippen LogP contribution is -2.28. The molecule has 27 heavy (non-hydrogen) atoms. The van der Waals surface area contributed by atoms with E-state index in [2.05, 4.69) is 10.2 Å². The fourth-order valence-corrected chi connectivity index (χ4v) is 4.25. The topological polar surface area (TPSA) is 66.1 Å². The van der Waals surface area contributed by atoms with Crippen molar-refractivity contribution in [2.45, 2.75) is 24.7 Å². The maximum absolute atomic E-state index is 12.7. The Morgan fingerprint density at radius 2 is 1.85 bits per heavy atom. The number of aryl methyl sites for hydroxylation is 2. The van der Waals surface area contributed by atoms with Crippen molar-refractivity contribution in [2.75, 3.05) is 13.6 Å². The number of aromatic amines is 1. The smallest absolute Gasteiger partial charge is 0.242 e. The highest BCUT2D eigenvalue weighted by Crippen LogP contribution is 2.22. The lowest BCUT2D eigenvalue weighted by Gasteiger charge is -2.17. The molecule has 0 radical (unpaired) electrons. The van der Waals surface area contributed by atoms with Crippen molar-refractivity contribution >= 4 is 21.6 Å². The first-order valence-corrected chi connectivity index (χ1v) is 10.5. The number of aromatic nitrogens is 2. The third-order valence-electron chi connectivity index (χ3n) is 4.47. The van der Waals surface area contributed by atoms with Crippen molar-refractivity contribution in [1.82, 2.24) is 14.5 Å². The Labute approximate surface area is 165 Å². The highest BCUT2D eigenvalue weighted by atomic mass is 35.5. The molecule has 1 heterocycles. The first-order chi connectivity index (χ1) is 12.9. The Bertz CT molecular complexity index is 1020. The van der Waals surface area contributed by atoms with Crippen LogP contribution in [-0.2, 0) is 16.4 Å². The monoisotopic (exact) mass is 403 g/mol. The number of rotatable bonds is 7. The van der Waals surface area contributed by atoms with Crippen molar-refractivity contribution < 1.29 is 8.42 Å². The van der Waals surface area contributed by atoms with Crippen molar-refractivity contribution in [3.8, 4) is 11.3 Å². The number of sulfonamides is 1. The van der Waals surface area contributed by atoms with Gasteiger partial charge in [-0.3, -0.25) is 5.10 Å². The zero-order valence-corrected chi connectivity index (χ0v) is 16.9. The Balaban J connectivity index is 1.60. The SMILES string of the molecule is Cc1ccc(S(=O)(=O)N(C)CCCc2cc(-c3ccccc3)n[nH]2)cc1Cl. The van der Waals surface area contributed by atoms with E-state index in [9.17, 15) is 8.42 Å². The summed E-state index contributed by atoms with van der Waals surface area (Å²) in [5.41, 5.74) is 3.78. The number of hydrogen-bond donors (Lipinski definition) is 1. The molecule has 0 fully saturated rings. The van der Waals surface area contributed by atoms with E-state index < -0.39 is 10.0 Å². The number of halogens is 1. The van der Waals surface area contributed by atoms with Crippen LogP contribution < -0.4 is 0 Å². The lowest BCUT2D eigenvalue weighted by atomic mass is 10.1. The zero-order valence-electron chi connectivity index (χ0n) is 15.3. The largest absolute Gasteiger partial charge is 0.282 e. The van der Waals surface area contributed by atoms with Crippen LogP contribution in [0.15, 0.2) is 59.5 Å². The van der Waals surface area contributed by atoms with Crippen LogP contribution in [-0.4, -0.2) is 36.5 Å². The average Bonchev–Trinajstić information content (AvgIpc) is 3.13. The Hall–Kier alpha value is -2.15. The second-order valence-corrected chi connectivity index (χ2v) is 8.94. The van der Waals surface area contributed by atoms with E-state index >= 15 is 0 Å². The molecule has 0 aliphatic heterocycles. The van der Waals surface area contributed by atoms with Crippen molar-refractivity contribution in [3.05, 3.63) is 70.9 Å². The van der Waals surface area contributed by atoms with E-state index in [-0.39, 0.29) is 4.90 Å². The standard InChI is InChI=1S/C20H22ClN3O2S/c1-15-10-11-18(14-19(15)21)27(25,26)24(2)12-6-9-17-13-20(23-22-17)16-7-4-3-5-8-16/h3-5,7-8,10-11,13-14H,6,9,12H2,1-2H3,(H,22,23). The fraction of sp³-hybridized carbons (Fsp3) is 0.250. The molecule has 3 rings (SSSR count). The molecule has 5 nitrogen and oxygen atoms in total. The quantitative estimate of drug-likeness (QED) is 0.639. The van der Waals surface area contributed by atoms with E-state index in [1.807, 2.05) is 43.3 Å². The average molecular weight is 404 g/mol. The summed E-state index contributed by atoms with van der Waals surface area (Å²) in [7, 11) is -1.96. The second-order valence-electron chi connectivity index (χ2n) is 6.49. The molecule has 2 aromatic carbocycles. The number of nitrogens with one attached hydrogen (secondary N) is 1. The van der Waals surface area contributed by atoms with Gasteiger partial charge < -0.3 is 0 Å². The third-order valence-corrected chi connectivity index (χ3v) is 6.73.